The highest BCUT2D eigenvalue weighted by Crippen LogP contribution is 2.16. The van der Waals surface area contributed by atoms with Crippen molar-refractivity contribution in [3.8, 4) is 6.07 Å². The number of nitrogens with zero attached hydrogens (tertiary/aromatic N) is 7. The van der Waals surface area contributed by atoms with E-state index in [9.17, 15) is 0 Å². The predicted molar refractivity (Wildman–Crippen MR) is 82.3 cm³/mol. The van der Waals surface area contributed by atoms with Crippen molar-refractivity contribution in [3.63, 3.8) is 0 Å². The SMILES string of the molecule is Cc1nc(CN(C)[C@@H]2CCN(CCn3cc(C#N)cn3)C2)no1. The van der Waals surface area contributed by atoms with Crippen molar-refractivity contribution in [2.45, 2.75) is 32.5 Å². The van der Waals surface area contributed by atoms with Gasteiger partial charge < -0.3 is 4.52 Å². The average molecular weight is 315 g/mol. The molecule has 1 aliphatic rings. The molecular weight excluding hydrogens is 294 g/mol. The Kier molecular flexibility index (Phi) is 4.69. The summed E-state index contributed by atoms with van der Waals surface area (Å²) in [6.45, 7) is 6.37. The van der Waals surface area contributed by atoms with E-state index < -0.39 is 0 Å². The molecule has 0 aromatic carbocycles. The van der Waals surface area contributed by atoms with Gasteiger partial charge in [-0.1, -0.05) is 5.16 Å². The molecule has 122 valence electrons. The second kappa shape index (κ2) is 6.89. The van der Waals surface area contributed by atoms with Crippen LogP contribution in [-0.2, 0) is 13.1 Å². The van der Waals surface area contributed by atoms with E-state index in [0.717, 1.165) is 38.4 Å². The summed E-state index contributed by atoms with van der Waals surface area (Å²) in [4.78, 5) is 8.97. The summed E-state index contributed by atoms with van der Waals surface area (Å²) in [6.07, 6.45) is 4.53. The number of hydrogen-bond acceptors (Lipinski definition) is 7. The van der Waals surface area contributed by atoms with Crippen LogP contribution in [0.5, 0.6) is 0 Å². The maximum atomic E-state index is 8.81. The molecule has 0 aliphatic carbocycles. The summed E-state index contributed by atoms with van der Waals surface area (Å²) >= 11 is 0. The first-order chi connectivity index (χ1) is 11.1. The quantitative estimate of drug-likeness (QED) is 0.773. The number of aromatic nitrogens is 4. The van der Waals surface area contributed by atoms with E-state index in [2.05, 4.69) is 38.2 Å². The van der Waals surface area contributed by atoms with E-state index in [0.29, 0.717) is 24.0 Å². The van der Waals surface area contributed by atoms with Gasteiger partial charge in [-0.05, 0) is 20.0 Å². The Balaban J connectivity index is 1.45. The number of likely N-dealkylation sites (tertiary alicyclic amines) is 1. The number of likely N-dealkylation sites (N-methyl/N-ethyl adjacent to an activating group) is 1. The molecule has 0 spiro atoms. The lowest BCUT2D eigenvalue weighted by Crippen LogP contribution is -2.35. The van der Waals surface area contributed by atoms with Gasteiger partial charge in [0.15, 0.2) is 5.82 Å². The van der Waals surface area contributed by atoms with Crippen LogP contribution in [0.2, 0.25) is 0 Å². The normalized spacial score (nSPS) is 18.6. The van der Waals surface area contributed by atoms with E-state index in [4.69, 9.17) is 9.78 Å². The lowest BCUT2D eigenvalue weighted by atomic mass is 10.2. The van der Waals surface area contributed by atoms with Crippen LogP contribution < -0.4 is 0 Å². The van der Waals surface area contributed by atoms with Crippen molar-refractivity contribution in [2.24, 2.45) is 0 Å². The number of hydrogen-bond donors (Lipinski definition) is 0. The third-order valence-corrected chi connectivity index (χ3v) is 4.24. The first kappa shape index (κ1) is 15.6. The molecule has 0 N–H and O–H groups in total. The fourth-order valence-corrected chi connectivity index (χ4v) is 2.92. The third kappa shape index (κ3) is 3.94. The Labute approximate surface area is 135 Å². The largest absolute Gasteiger partial charge is 0.340 e. The number of rotatable bonds is 6. The summed E-state index contributed by atoms with van der Waals surface area (Å²) in [6, 6.07) is 2.60. The van der Waals surface area contributed by atoms with Crippen molar-refractivity contribution in [1.82, 2.24) is 29.7 Å². The smallest absolute Gasteiger partial charge is 0.223 e. The third-order valence-electron chi connectivity index (χ3n) is 4.24. The second-order valence-corrected chi connectivity index (χ2v) is 5.99. The standard InChI is InChI=1S/C15H21N7O/c1-12-18-15(19-23-12)11-20(2)14-3-4-21(10-14)5-6-22-9-13(7-16)8-17-22/h8-9,14H,3-6,10-11H2,1-2H3/t14-/m1/s1. The van der Waals surface area contributed by atoms with Crippen LogP contribution in [0.1, 0.15) is 23.7 Å². The van der Waals surface area contributed by atoms with Gasteiger partial charge in [-0.2, -0.15) is 15.3 Å². The molecule has 8 heteroatoms. The van der Waals surface area contributed by atoms with Gasteiger partial charge in [-0.15, -0.1) is 0 Å². The zero-order chi connectivity index (χ0) is 16.2. The maximum Gasteiger partial charge on any atom is 0.223 e. The Hall–Kier alpha value is -2.24. The Bertz CT molecular complexity index is 686. The molecule has 0 bridgehead atoms. The zero-order valence-corrected chi connectivity index (χ0v) is 13.5. The Morgan fingerprint density at radius 1 is 1.48 bits per heavy atom. The average Bonchev–Trinajstić information content (AvgIpc) is 3.25. The molecule has 2 aromatic heterocycles. The molecule has 0 amide bonds. The molecule has 2 aromatic rings. The van der Waals surface area contributed by atoms with Crippen LogP contribution in [0, 0.1) is 18.3 Å². The molecule has 1 aliphatic heterocycles. The summed E-state index contributed by atoms with van der Waals surface area (Å²) in [5.74, 6) is 1.35. The van der Waals surface area contributed by atoms with Gasteiger partial charge in [0.1, 0.15) is 6.07 Å². The fraction of sp³-hybridized carbons (Fsp3) is 0.600. The second-order valence-electron chi connectivity index (χ2n) is 5.99. The molecule has 1 atom stereocenters. The molecule has 8 nitrogen and oxygen atoms in total. The summed E-state index contributed by atoms with van der Waals surface area (Å²) in [7, 11) is 2.10. The monoisotopic (exact) mass is 315 g/mol. The first-order valence-corrected chi connectivity index (χ1v) is 7.78. The van der Waals surface area contributed by atoms with Gasteiger partial charge in [0.25, 0.3) is 0 Å². The lowest BCUT2D eigenvalue weighted by Gasteiger charge is -2.23. The maximum absolute atomic E-state index is 8.81. The molecule has 0 radical (unpaired) electrons. The van der Waals surface area contributed by atoms with Crippen LogP contribution in [0.4, 0.5) is 0 Å². The van der Waals surface area contributed by atoms with Gasteiger partial charge in [0.2, 0.25) is 5.89 Å². The molecule has 1 saturated heterocycles. The van der Waals surface area contributed by atoms with Crippen LogP contribution >= 0.6 is 0 Å². The van der Waals surface area contributed by atoms with E-state index in [1.165, 1.54) is 0 Å². The zero-order valence-electron chi connectivity index (χ0n) is 13.5. The topological polar surface area (TPSA) is 87.0 Å². The van der Waals surface area contributed by atoms with Gasteiger partial charge in [-0.25, -0.2) is 0 Å². The van der Waals surface area contributed by atoms with E-state index in [1.807, 2.05) is 4.68 Å². The lowest BCUT2D eigenvalue weighted by molar-refractivity contribution is 0.215. The van der Waals surface area contributed by atoms with E-state index >= 15 is 0 Å². The van der Waals surface area contributed by atoms with Gasteiger partial charge >= 0.3 is 0 Å². The van der Waals surface area contributed by atoms with E-state index in [-0.39, 0.29) is 0 Å². The molecule has 3 rings (SSSR count). The van der Waals surface area contributed by atoms with Crippen molar-refractivity contribution in [3.05, 3.63) is 29.7 Å². The molecule has 1 fully saturated rings. The van der Waals surface area contributed by atoms with Crippen molar-refractivity contribution in [2.75, 3.05) is 26.7 Å². The van der Waals surface area contributed by atoms with Crippen LogP contribution in [0.15, 0.2) is 16.9 Å². The molecule has 23 heavy (non-hydrogen) atoms. The summed E-state index contributed by atoms with van der Waals surface area (Å²) in [5.41, 5.74) is 0.611. The van der Waals surface area contributed by atoms with Gasteiger partial charge in [0.05, 0.1) is 24.8 Å². The number of nitriles is 1. The first-order valence-electron chi connectivity index (χ1n) is 7.78. The summed E-state index contributed by atoms with van der Waals surface area (Å²) in [5, 5.41) is 17.0. The predicted octanol–water partition coefficient (Wildman–Crippen LogP) is 0.652. The molecule has 3 heterocycles. The van der Waals surface area contributed by atoms with E-state index in [1.54, 1.807) is 19.3 Å². The molecule has 0 unspecified atom stereocenters. The fourth-order valence-electron chi connectivity index (χ4n) is 2.92. The highest BCUT2D eigenvalue weighted by molar-refractivity contribution is 5.21. The Morgan fingerprint density at radius 2 is 2.35 bits per heavy atom. The van der Waals surface area contributed by atoms with Crippen LogP contribution in [-0.4, -0.2) is 62.4 Å². The molecular formula is C15H21N7O. The highest BCUT2D eigenvalue weighted by Gasteiger charge is 2.26. The highest BCUT2D eigenvalue weighted by atomic mass is 16.5. The Morgan fingerprint density at radius 3 is 3.04 bits per heavy atom. The minimum absolute atomic E-state index is 0.501. The minimum atomic E-state index is 0.501. The minimum Gasteiger partial charge on any atom is -0.340 e. The van der Waals surface area contributed by atoms with Crippen molar-refractivity contribution in [1.29, 1.82) is 5.26 Å². The summed E-state index contributed by atoms with van der Waals surface area (Å²) < 4.78 is 6.85. The van der Waals surface area contributed by atoms with Gasteiger partial charge in [0, 0.05) is 32.3 Å². The number of aryl methyl sites for hydroxylation is 1. The molecule has 0 saturated carbocycles. The van der Waals surface area contributed by atoms with Crippen LogP contribution in [0.3, 0.4) is 0 Å². The van der Waals surface area contributed by atoms with Crippen molar-refractivity contribution < 1.29 is 4.52 Å². The van der Waals surface area contributed by atoms with Crippen molar-refractivity contribution >= 4 is 0 Å². The van der Waals surface area contributed by atoms with Gasteiger partial charge in [-0.3, -0.25) is 14.5 Å². The van der Waals surface area contributed by atoms with Crippen LogP contribution in [0.25, 0.3) is 0 Å².